The van der Waals surface area contributed by atoms with Crippen LogP contribution in [0.5, 0.6) is 0 Å². The van der Waals surface area contributed by atoms with Gasteiger partial charge in [0.05, 0.1) is 53.7 Å². The number of rotatable bonds is 4. The first-order valence-corrected chi connectivity index (χ1v) is 12.0. The van der Waals surface area contributed by atoms with E-state index in [1.807, 2.05) is 37.4 Å². The Hall–Kier alpha value is -3.36. The number of carbonyl (C=O) groups is 1. The van der Waals surface area contributed by atoms with E-state index in [-0.39, 0.29) is 23.4 Å². The fourth-order valence-electron chi connectivity index (χ4n) is 5.61. The highest BCUT2D eigenvalue weighted by atomic mass is 19.1. The topological polar surface area (TPSA) is 87.6 Å². The van der Waals surface area contributed by atoms with E-state index in [9.17, 15) is 14.3 Å². The molecule has 6 rings (SSSR count). The van der Waals surface area contributed by atoms with Crippen LogP contribution in [0.25, 0.3) is 11.3 Å². The van der Waals surface area contributed by atoms with Gasteiger partial charge in [0.1, 0.15) is 5.82 Å². The number of hydrogen-bond donors (Lipinski definition) is 2. The minimum absolute atomic E-state index is 0.156. The zero-order chi connectivity index (χ0) is 24.2. The summed E-state index contributed by atoms with van der Waals surface area (Å²) in [5.74, 6) is -0.484. The first-order valence-electron chi connectivity index (χ1n) is 12.0. The number of ether oxygens (including phenoxy) is 1. The number of aromatic nitrogens is 2. The van der Waals surface area contributed by atoms with Crippen LogP contribution in [0.3, 0.4) is 0 Å². The van der Waals surface area contributed by atoms with Gasteiger partial charge >= 0.3 is 0 Å². The zero-order valence-corrected chi connectivity index (χ0v) is 19.6. The minimum Gasteiger partial charge on any atom is -0.391 e. The number of anilines is 1. The molecule has 1 aromatic carbocycles. The fraction of sp³-hybridized carbons (Fsp3) is 0.370. The molecule has 2 saturated heterocycles. The number of halogens is 1. The number of pyridine rings is 2. The van der Waals surface area contributed by atoms with Crippen LogP contribution in [0, 0.1) is 12.7 Å². The van der Waals surface area contributed by atoms with E-state index in [4.69, 9.17) is 4.74 Å². The lowest BCUT2D eigenvalue weighted by molar-refractivity contribution is 0.0185. The van der Waals surface area contributed by atoms with Crippen LogP contribution in [0.1, 0.15) is 45.7 Å². The van der Waals surface area contributed by atoms with Crippen molar-refractivity contribution >= 4 is 11.6 Å². The Morgan fingerprint density at radius 2 is 2.17 bits per heavy atom. The van der Waals surface area contributed by atoms with Crippen LogP contribution in [0.15, 0.2) is 42.6 Å². The first kappa shape index (κ1) is 22.1. The third-order valence-corrected chi connectivity index (χ3v) is 7.35. The second-order valence-corrected chi connectivity index (χ2v) is 9.81. The largest absolute Gasteiger partial charge is 0.391 e. The Bertz CT molecular complexity index is 1290. The molecule has 35 heavy (non-hydrogen) atoms. The highest BCUT2D eigenvalue weighted by Crippen LogP contribution is 2.37. The maximum absolute atomic E-state index is 14.7. The van der Waals surface area contributed by atoms with Crippen LogP contribution < -0.4 is 10.2 Å². The Morgan fingerprint density at radius 1 is 1.29 bits per heavy atom. The van der Waals surface area contributed by atoms with Gasteiger partial charge in [-0.1, -0.05) is 12.1 Å². The van der Waals surface area contributed by atoms with Gasteiger partial charge < -0.3 is 20.1 Å². The second-order valence-electron chi connectivity index (χ2n) is 9.81. The minimum atomic E-state index is -0.382. The quantitative estimate of drug-likeness (QED) is 0.604. The monoisotopic (exact) mass is 474 g/mol. The van der Waals surface area contributed by atoms with Gasteiger partial charge in [-0.2, -0.15) is 0 Å². The zero-order valence-electron chi connectivity index (χ0n) is 19.6. The van der Waals surface area contributed by atoms with Crippen molar-refractivity contribution in [3.63, 3.8) is 0 Å². The van der Waals surface area contributed by atoms with E-state index in [1.165, 1.54) is 6.07 Å². The Morgan fingerprint density at radius 3 is 2.91 bits per heavy atom. The van der Waals surface area contributed by atoms with Crippen LogP contribution in [0.4, 0.5) is 10.1 Å². The molecule has 0 bridgehead atoms. The van der Waals surface area contributed by atoms with Crippen molar-refractivity contribution in [2.45, 2.75) is 44.4 Å². The molecule has 2 aromatic heterocycles. The highest BCUT2D eigenvalue weighted by molar-refractivity contribution is 5.99. The summed E-state index contributed by atoms with van der Waals surface area (Å²) >= 11 is 0. The Balaban J connectivity index is 1.28. The summed E-state index contributed by atoms with van der Waals surface area (Å²) in [6.07, 6.45) is 3.48. The van der Waals surface area contributed by atoms with E-state index >= 15 is 0 Å². The number of amides is 1. The molecule has 3 aromatic rings. The number of nitrogens with zero attached hydrogens (tertiary/aromatic N) is 3. The molecular formula is C27H27FN4O3. The van der Waals surface area contributed by atoms with Gasteiger partial charge in [0.25, 0.3) is 5.91 Å². The number of benzene rings is 1. The number of nitrogens with one attached hydrogen (secondary N) is 1. The molecule has 0 unspecified atom stereocenters. The molecule has 1 amide bonds. The average molecular weight is 475 g/mol. The lowest BCUT2D eigenvalue weighted by Gasteiger charge is -2.24. The third kappa shape index (κ3) is 3.96. The van der Waals surface area contributed by atoms with Gasteiger partial charge in [-0.3, -0.25) is 9.78 Å². The molecule has 2 atom stereocenters. The summed E-state index contributed by atoms with van der Waals surface area (Å²) in [5.41, 5.74) is 5.35. The van der Waals surface area contributed by atoms with Crippen molar-refractivity contribution in [3.05, 3.63) is 76.5 Å². The van der Waals surface area contributed by atoms with Crippen molar-refractivity contribution in [1.29, 1.82) is 0 Å². The smallest absolute Gasteiger partial charge is 0.253 e. The molecule has 8 heteroatoms. The predicted molar refractivity (Wildman–Crippen MR) is 129 cm³/mol. The van der Waals surface area contributed by atoms with Crippen LogP contribution in [-0.4, -0.2) is 52.4 Å². The molecule has 7 nitrogen and oxygen atoms in total. The van der Waals surface area contributed by atoms with Crippen LogP contribution >= 0.6 is 0 Å². The number of aliphatic hydroxyl groups is 1. The van der Waals surface area contributed by atoms with Gasteiger partial charge in [0.2, 0.25) is 0 Å². The number of hydrogen-bond acceptors (Lipinski definition) is 6. The molecule has 3 aliphatic heterocycles. The lowest BCUT2D eigenvalue weighted by Crippen LogP contribution is -2.33. The van der Waals surface area contributed by atoms with E-state index in [0.717, 1.165) is 42.0 Å². The molecule has 2 fully saturated rings. The van der Waals surface area contributed by atoms with Crippen LogP contribution in [-0.2, 0) is 17.7 Å². The molecular weight excluding hydrogens is 447 g/mol. The van der Waals surface area contributed by atoms with Crippen LogP contribution in [0.2, 0.25) is 0 Å². The van der Waals surface area contributed by atoms with Gasteiger partial charge in [0.15, 0.2) is 0 Å². The van der Waals surface area contributed by atoms with E-state index in [1.54, 1.807) is 6.07 Å². The molecule has 180 valence electrons. The second kappa shape index (κ2) is 8.39. The maximum Gasteiger partial charge on any atom is 0.253 e. The van der Waals surface area contributed by atoms with E-state index in [0.29, 0.717) is 48.5 Å². The highest BCUT2D eigenvalue weighted by Gasteiger charge is 2.45. The maximum atomic E-state index is 14.7. The summed E-state index contributed by atoms with van der Waals surface area (Å²) in [7, 11) is 0. The summed E-state index contributed by atoms with van der Waals surface area (Å²) in [6.45, 7) is 4.20. The molecule has 1 spiro atoms. The van der Waals surface area contributed by atoms with Gasteiger partial charge in [0, 0.05) is 37.2 Å². The van der Waals surface area contributed by atoms with Crippen molar-refractivity contribution in [1.82, 2.24) is 15.3 Å². The number of carbonyl (C=O) groups excluding carboxylic acids is 1. The molecule has 5 heterocycles. The average Bonchev–Trinajstić information content (AvgIpc) is 3.53. The third-order valence-electron chi connectivity index (χ3n) is 7.35. The lowest BCUT2D eigenvalue weighted by atomic mass is 9.97. The molecule has 3 aliphatic rings. The fourth-order valence-corrected chi connectivity index (χ4v) is 5.61. The molecule has 0 radical (unpaired) electrons. The molecule has 0 aliphatic carbocycles. The summed E-state index contributed by atoms with van der Waals surface area (Å²) in [6, 6.07) is 10.8. The van der Waals surface area contributed by atoms with Crippen molar-refractivity contribution < 1.29 is 19.0 Å². The first-order chi connectivity index (χ1) is 16.9. The van der Waals surface area contributed by atoms with E-state index in [2.05, 4.69) is 20.2 Å². The SMILES string of the molecule is Cc1cccc(F)c1-c1cc(Cc2ccc(N3CC[C@]4(C[C@H](O)CO4)C3)cn2)c2c(n1)CNC2=O. The number of fused-ring (bicyclic) bond motifs is 1. The Labute approximate surface area is 203 Å². The summed E-state index contributed by atoms with van der Waals surface area (Å²) in [4.78, 5) is 24.1. The molecule has 2 N–H and O–H groups in total. The number of aryl methyl sites for hydroxylation is 1. The Kier molecular flexibility index (Phi) is 5.30. The van der Waals surface area contributed by atoms with Crippen molar-refractivity contribution in [2.75, 3.05) is 24.6 Å². The summed E-state index contributed by atoms with van der Waals surface area (Å²) < 4.78 is 20.6. The van der Waals surface area contributed by atoms with E-state index < -0.39 is 0 Å². The van der Waals surface area contributed by atoms with Gasteiger partial charge in [-0.25, -0.2) is 9.37 Å². The molecule has 0 saturated carbocycles. The standard InChI is InChI=1S/C27H27FN4O3/c1-16-3-2-4-21(28)24(16)22-10-17(25-23(31-22)13-30-26(25)34)9-18-5-6-19(12-29-18)32-8-7-27(15-32)11-20(33)14-35-27/h2-6,10,12,20,33H,7-9,11,13-15H2,1H3,(H,30,34)/t20-,27-/m0/s1. The van der Waals surface area contributed by atoms with Crippen molar-refractivity contribution in [2.24, 2.45) is 0 Å². The number of aliphatic hydroxyl groups excluding tert-OH is 1. The van der Waals surface area contributed by atoms with Gasteiger partial charge in [-0.05, 0) is 48.7 Å². The van der Waals surface area contributed by atoms with Crippen molar-refractivity contribution in [3.8, 4) is 11.3 Å². The summed E-state index contributed by atoms with van der Waals surface area (Å²) in [5, 5.41) is 12.7. The normalized spacial score (nSPS) is 23.2. The predicted octanol–water partition coefficient (Wildman–Crippen LogP) is 3.16. The van der Waals surface area contributed by atoms with Gasteiger partial charge in [-0.15, -0.1) is 0 Å².